The van der Waals surface area contributed by atoms with Gasteiger partial charge in [0, 0.05) is 31.7 Å². The molecule has 0 bridgehead atoms. The van der Waals surface area contributed by atoms with E-state index in [0.29, 0.717) is 11.4 Å². The summed E-state index contributed by atoms with van der Waals surface area (Å²) in [5.74, 6) is 1.63. The van der Waals surface area contributed by atoms with Gasteiger partial charge in [-0.15, -0.1) is 21.5 Å². The highest BCUT2D eigenvalue weighted by molar-refractivity contribution is 7.12. The SMILES string of the molecule is CCN1CCN(c2nnc(CNC(=O)c3cccs3)n2CC)CC1(C)C. The van der Waals surface area contributed by atoms with Crippen LogP contribution in [0.1, 0.15) is 43.2 Å². The zero-order chi connectivity index (χ0) is 18.7. The molecule has 0 aliphatic carbocycles. The summed E-state index contributed by atoms with van der Waals surface area (Å²) in [4.78, 5) is 17.7. The van der Waals surface area contributed by atoms with Crippen LogP contribution >= 0.6 is 11.3 Å². The molecule has 2 aromatic rings. The minimum atomic E-state index is -0.0649. The molecule has 3 rings (SSSR count). The van der Waals surface area contributed by atoms with Crippen molar-refractivity contribution in [1.29, 1.82) is 0 Å². The lowest BCUT2D eigenvalue weighted by atomic mass is 9.99. The number of rotatable bonds is 6. The number of nitrogens with zero attached hydrogens (tertiary/aromatic N) is 5. The number of thiophene rings is 1. The summed E-state index contributed by atoms with van der Waals surface area (Å²) in [7, 11) is 0. The molecule has 0 spiro atoms. The maximum Gasteiger partial charge on any atom is 0.261 e. The van der Waals surface area contributed by atoms with Crippen LogP contribution in [0.5, 0.6) is 0 Å². The molecule has 0 aromatic carbocycles. The van der Waals surface area contributed by atoms with Crippen molar-refractivity contribution >= 4 is 23.2 Å². The third-order valence-corrected chi connectivity index (χ3v) is 5.88. The van der Waals surface area contributed by atoms with Gasteiger partial charge in [-0.2, -0.15) is 0 Å². The second-order valence-electron chi connectivity index (χ2n) is 7.13. The minimum Gasteiger partial charge on any atom is -0.344 e. The molecule has 1 saturated heterocycles. The van der Waals surface area contributed by atoms with Crippen molar-refractivity contribution in [2.24, 2.45) is 0 Å². The molecule has 1 fully saturated rings. The molecule has 2 aromatic heterocycles. The average Bonchev–Trinajstić information content (AvgIpc) is 3.28. The van der Waals surface area contributed by atoms with E-state index in [1.807, 2.05) is 17.5 Å². The fraction of sp³-hybridized carbons (Fsp3) is 0.611. The molecule has 1 aliphatic rings. The van der Waals surface area contributed by atoms with Gasteiger partial charge >= 0.3 is 0 Å². The Morgan fingerprint density at radius 2 is 2.08 bits per heavy atom. The molecule has 0 atom stereocenters. The number of carbonyl (C=O) groups excluding carboxylic acids is 1. The van der Waals surface area contributed by atoms with Crippen LogP contribution in [0.4, 0.5) is 5.95 Å². The lowest BCUT2D eigenvalue weighted by molar-refractivity contribution is 0.0953. The number of hydrogen-bond donors (Lipinski definition) is 1. The van der Waals surface area contributed by atoms with E-state index in [2.05, 4.69) is 57.6 Å². The number of anilines is 1. The summed E-state index contributed by atoms with van der Waals surface area (Å²) in [6.45, 7) is 13.9. The standard InChI is InChI=1S/C18H28N6OS/c1-5-23-10-9-22(13-18(23,3)4)17-21-20-15(24(17)6-2)12-19-16(25)14-8-7-11-26-14/h7-8,11H,5-6,9-10,12-13H2,1-4H3,(H,19,25). The molecule has 0 unspecified atom stereocenters. The number of amides is 1. The molecule has 142 valence electrons. The number of piperazine rings is 1. The average molecular weight is 377 g/mol. The number of nitrogens with one attached hydrogen (secondary N) is 1. The molecule has 1 aliphatic heterocycles. The van der Waals surface area contributed by atoms with Crippen molar-refractivity contribution in [3.05, 3.63) is 28.2 Å². The second-order valence-corrected chi connectivity index (χ2v) is 8.08. The number of carbonyl (C=O) groups is 1. The summed E-state index contributed by atoms with van der Waals surface area (Å²) in [5, 5.41) is 13.6. The van der Waals surface area contributed by atoms with Crippen LogP contribution < -0.4 is 10.2 Å². The van der Waals surface area contributed by atoms with Gasteiger partial charge in [0.1, 0.15) is 0 Å². The molecule has 3 heterocycles. The zero-order valence-corrected chi connectivity index (χ0v) is 16.8. The van der Waals surface area contributed by atoms with Gasteiger partial charge in [0.05, 0.1) is 11.4 Å². The van der Waals surface area contributed by atoms with Gasteiger partial charge in [-0.25, -0.2) is 0 Å². The summed E-state index contributed by atoms with van der Waals surface area (Å²) in [6.07, 6.45) is 0. The van der Waals surface area contributed by atoms with E-state index < -0.39 is 0 Å². The first-order valence-corrected chi connectivity index (χ1v) is 10.1. The molecule has 0 radical (unpaired) electrons. The van der Waals surface area contributed by atoms with Crippen LogP contribution in [0.15, 0.2) is 17.5 Å². The summed E-state index contributed by atoms with van der Waals surface area (Å²) < 4.78 is 2.10. The molecular weight excluding hydrogens is 348 g/mol. The number of hydrogen-bond acceptors (Lipinski definition) is 6. The van der Waals surface area contributed by atoms with Crippen molar-refractivity contribution in [2.75, 3.05) is 31.1 Å². The Morgan fingerprint density at radius 3 is 2.69 bits per heavy atom. The highest BCUT2D eigenvalue weighted by atomic mass is 32.1. The van der Waals surface area contributed by atoms with Gasteiger partial charge in [0.25, 0.3) is 5.91 Å². The van der Waals surface area contributed by atoms with Crippen LogP contribution in [0.3, 0.4) is 0 Å². The van der Waals surface area contributed by atoms with Gasteiger partial charge in [-0.3, -0.25) is 14.3 Å². The van der Waals surface area contributed by atoms with Gasteiger partial charge in [0.15, 0.2) is 5.82 Å². The van der Waals surface area contributed by atoms with E-state index >= 15 is 0 Å². The van der Waals surface area contributed by atoms with Gasteiger partial charge in [-0.05, 0) is 38.8 Å². The topological polar surface area (TPSA) is 66.3 Å². The van der Waals surface area contributed by atoms with Crippen LogP contribution in [-0.2, 0) is 13.1 Å². The Bertz CT molecular complexity index is 739. The van der Waals surface area contributed by atoms with Crippen LogP contribution in [0, 0.1) is 0 Å². The molecule has 8 heteroatoms. The minimum absolute atomic E-state index is 0.0649. The molecule has 0 saturated carbocycles. The largest absolute Gasteiger partial charge is 0.344 e. The van der Waals surface area contributed by atoms with Crippen molar-refractivity contribution in [1.82, 2.24) is 25.0 Å². The first-order valence-electron chi connectivity index (χ1n) is 9.20. The monoisotopic (exact) mass is 376 g/mol. The Labute approximate surface area is 159 Å². The van der Waals surface area contributed by atoms with E-state index in [-0.39, 0.29) is 11.4 Å². The van der Waals surface area contributed by atoms with E-state index in [1.165, 1.54) is 11.3 Å². The molecule has 1 N–H and O–H groups in total. The van der Waals surface area contributed by atoms with Gasteiger partial charge < -0.3 is 10.2 Å². The Hall–Kier alpha value is -1.93. The third-order valence-electron chi connectivity index (χ3n) is 5.01. The molecule has 7 nitrogen and oxygen atoms in total. The Morgan fingerprint density at radius 1 is 1.27 bits per heavy atom. The van der Waals surface area contributed by atoms with E-state index in [0.717, 1.165) is 44.5 Å². The maximum atomic E-state index is 12.2. The Kier molecular flexibility index (Phi) is 5.62. The quantitative estimate of drug-likeness (QED) is 0.837. The van der Waals surface area contributed by atoms with Gasteiger partial charge in [-0.1, -0.05) is 13.0 Å². The van der Waals surface area contributed by atoms with Crippen molar-refractivity contribution in [3.8, 4) is 0 Å². The number of likely N-dealkylation sites (N-methyl/N-ethyl adjacent to an activating group) is 1. The normalized spacial score (nSPS) is 17.5. The fourth-order valence-electron chi connectivity index (χ4n) is 3.62. The van der Waals surface area contributed by atoms with E-state index in [1.54, 1.807) is 0 Å². The number of aromatic nitrogens is 3. The van der Waals surface area contributed by atoms with Gasteiger partial charge in [0.2, 0.25) is 5.95 Å². The summed E-state index contributed by atoms with van der Waals surface area (Å²) >= 11 is 1.44. The Balaban J connectivity index is 1.71. The van der Waals surface area contributed by atoms with E-state index in [9.17, 15) is 4.79 Å². The van der Waals surface area contributed by atoms with Crippen molar-refractivity contribution < 1.29 is 4.79 Å². The van der Waals surface area contributed by atoms with Crippen LogP contribution in [0.2, 0.25) is 0 Å². The fourth-order valence-corrected chi connectivity index (χ4v) is 4.26. The van der Waals surface area contributed by atoms with Crippen LogP contribution in [0.25, 0.3) is 0 Å². The lowest BCUT2D eigenvalue weighted by Crippen LogP contribution is -2.59. The summed E-state index contributed by atoms with van der Waals surface area (Å²) in [5.41, 5.74) is 0.102. The molecule has 1 amide bonds. The van der Waals surface area contributed by atoms with Crippen molar-refractivity contribution in [2.45, 2.75) is 46.3 Å². The third kappa shape index (κ3) is 3.76. The highest BCUT2D eigenvalue weighted by Crippen LogP contribution is 2.25. The smallest absolute Gasteiger partial charge is 0.261 e. The second kappa shape index (κ2) is 7.75. The predicted molar refractivity (Wildman–Crippen MR) is 105 cm³/mol. The van der Waals surface area contributed by atoms with Crippen molar-refractivity contribution in [3.63, 3.8) is 0 Å². The molecule has 26 heavy (non-hydrogen) atoms. The zero-order valence-electron chi connectivity index (χ0n) is 16.0. The molecular formula is C18H28N6OS. The van der Waals surface area contributed by atoms with Crippen LogP contribution in [-0.4, -0.2) is 57.3 Å². The first kappa shape index (κ1) is 18.8. The summed E-state index contributed by atoms with van der Waals surface area (Å²) in [6, 6.07) is 3.70. The lowest BCUT2D eigenvalue weighted by Gasteiger charge is -2.47. The highest BCUT2D eigenvalue weighted by Gasteiger charge is 2.34. The maximum absolute atomic E-state index is 12.2. The first-order chi connectivity index (χ1) is 12.5. The predicted octanol–water partition coefficient (Wildman–Crippen LogP) is 2.21. The van der Waals surface area contributed by atoms with E-state index in [4.69, 9.17) is 0 Å².